The van der Waals surface area contributed by atoms with Gasteiger partial charge in [0.15, 0.2) is 0 Å². The predicted octanol–water partition coefficient (Wildman–Crippen LogP) is 0.490. The average Bonchev–Trinajstić information content (AvgIpc) is 2.90. The molecule has 2 aromatic heterocycles. The summed E-state index contributed by atoms with van der Waals surface area (Å²) in [6, 6.07) is 0. The van der Waals surface area contributed by atoms with Crippen molar-refractivity contribution in [2.24, 2.45) is 0 Å². The number of hydrogen-bond acceptors (Lipinski definition) is 4. The fraction of sp³-hybridized carbons (Fsp3) is 0.500. The second-order valence-corrected chi connectivity index (χ2v) is 3.72. The number of aromatic amines is 1. The number of nitrogens with zero attached hydrogens (tertiary/aromatic N) is 4. The van der Waals surface area contributed by atoms with Gasteiger partial charge in [-0.25, -0.2) is 0 Å². The summed E-state index contributed by atoms with van der Waals surface area (Å²) in [4.78, 5) is 0. The lowest BCUT2D eigenvalue weighted by Crippen LogP contribution is -2.16. The van der Waals surface area contributed by atoms with E-state index in [-0.39, 0.29) is 0 Å². The maximum absolute atomic E-state index is 3.97. The Morgan fingerprint density at radius 2 is 2.44 bits per heavy atom. The van der Waals surface area contributed by atoms with Crippen molar-refractivity contribution in [1.29, 1.82) is 0 Å². The zero-order chi connectivity index (χ0) is 11.2. The molecule has 0 radical (unpaired) electrons. The Balaban J connectivity index is 1.61. The monoisotopic (exact) mass is 220 g/mol. The van der Waals surface area contributed by atoms with Gasteiger partial charge in [-0.3, -0.25) is 9.78 Å². The normalized spacial score (nSPS) is 10.8. The van der Waals surface area contributed by atoms with Crippen molar-refractivity contribution in [2.75, 3.05) is 6.54 Å². The SMILES string of the molecule is Cc1[nH]ncc1CNCCCn1ccnn1. The van der Waals surface area contributed by atoms with Crippen molar-refractivity contribution in [3.05, 3.63) is 29.8 Å². The van der Waals surface area contributed by atoms with Crippen LogP contribution in [-0.4, -0.2) is 31.7 Å². The van der Waals surface area contributed by atoms with Crippen molar-refractivity contribution in [1.82, 2.24) is 30.5 Å². The third kappa shape index (κ3) is 2.90. The van der Waals surface area contributed by atoms with Gasteiger partial charge in [-0.05, 0) is 19.9 Å². The van der Waals surface area contributed by atoms with Crippen LogP contribution in [0.4, 0.5) is 0 Å². The van der Waals surface area contributed by atoms with E-state index in [1.807, 2.05) is 24.0 Å². The van der Waals surface area contributed by atoms with Gasteiger partial charge in [-0.2, -0.15) is 5.10 Å². The molecule has 6 heteroatoms. The lowest BCUT2D eigenvalue weighted by atomic mass is 10.2. The maximum Gasteiger partial charge on any atom is 0.0692 e. The van der Waals surface area contributed by atoms with Crippen LogP contribution in [-0.2, 0) is 13.1 Å². The van der Waals surface area contributed by atoms with E-state index in [9.17, 15) is 0 Å². The van der Waals surface area contributed by atoms with Crippen LogP contribution < -0.4 is 5.32 Å². The van der Waals surface area contributed by atoms with Gasteiger partial charge in [-0.1, -0.05) is 5.21 Å². The van der Waals surface area contributed by atoms with Gasteiger partial charge in [0, 0.05) is 30.5 Å². The Labute approximate surface area is 94.1 Å². The summed E-state index contributed by atoms with van der Waals surface area (Å²) in [6.45, 7) is 4.75. The molecule has 2 rings (SSSR count). The van der Waals surface area contributed by atoms with Crippen molar-refractivity contribution < 1.29 is 0 Å². The van der Waals surface area contributed by atoms with E-state index in [2.05, 4.69) is 25.8 Å². The summed E-state index contributed by atoms with van der Waals surface area (Å²) in [5.41, 5.74) is 2.35. The molecule has 0 aliphatic rings. The highest BCUT2D eigenvalue weighted by molar-refractivity contribution is 5.13. The van der Waals surface area contributed by atoms with E-state index < -0.39 is 0 Å². The fourth-order valence-corrected chi connectivity index (χ4v) is 1.49. The highest BCUT2D eigenvalue weighted by Crippen LogP contribution is 2.00. The van der Waals surface area contributed by atoms with Crippen LogP contribution in [0.1, 0.15) is 17.7 Å². The standard InChI is InChI=1S/C10H16N6/c1-9-10(8-13-14-9)7-11-3-2-5-16-6-4-12-15-16/h4,6,8,11H,2-3,5,7H2,1H3,(H,13,14). The summed E-state index contributed by atoms with van der Waals surface area (Å²) in [5, 5.41) is 17.9. The van der Waals surface area contributed by atoms with E-state index in [0.29, 0.717) is 0 Å². The largest absolute Gasteiger partial charge is 0.312 e. The van der Waals surface area contributed by atoms with Crippen LogP contribution in [0.5, 0.6) is 0 Å². The average molecular weight is 220 g/mol. The molecule has 16 heavy (non-hydrogen) atoms. The van der Waals surface area contributed by atoms with Gasteiger partial charge in [0.1, 0.15) is 0 Å². The zero-order valence-corrected chi connectivity index (χ0v) is 9.35. The molecule has 0 spiro atoms. The third-order valence-corrected chi connectivity index (χ3v) is 2.46. The summed E-state index contributed by atoms with van der Waals surface area (Å²) >= 11 is 0. The number of rotatable bonds is 6. The minimum Gasteiger partial charge on any atom is -0.312 e. The number of H-pyrrole nitrogens is 1. The minimum absolute atomic E-state index is 0.861. The maximum atomic E-state index is 3.97. The fourth-order valence-electron chi connectivity index (χ4n) is 1.49. The van der Waals surface area contributed by atoms with Crippen LogP contribution in [0, 0.1) is 6.92 Å². The van der Waals surface area contributed by atoms with Crippen molar-refractivity contribution >= 4 is 0 Å². The molecule has 0 unspecified atom stereocenters. The molecule has 0 saturated heterocycles. The molecule has 0 aliphatic carbocycles. The summed E-state index contributed by atoms with van der Waals surface area (Å²) < 4.78 is 1.84. The van der Waals surface area contributed by atoms with Crippen molar-refractivity contribution in [3.63, 3.8) is 0 Å². The Morgan fingerprint density at radius 3 is 3.12 bits per heavy atom. The van der Waals surface area contributed by atoms with Crippen LogP contribution in [0.3, 0.4) is 0 Å². The first kappa shape index (κ1) is 10.8. The van der Waals surface area contributed by atoms with Gasteiger partial charge in [-0.15, -0.1) is 5.10 Å². The van der Waals surface area contributed by atoms with E-state index in [0.717, 1.165) is 31.7 Å². The van der Waals surface area contributed by atoms with Crippen molar-refractivity contribution in [3.8, 4) is 0 Å². The minimum atomic E-state index is 0.861. The first-order valence-corrected chi connectivity index (χ1v) is 5.40. The zero-order valence-electron chi connectivity index (χ0n) is 9.35. The molecule has 0 saturated carbocycles. The second kappa shape index (κ2) is 5.41. The third-order valence-electron chi connectivity index (χ3n) is 2.46. The van der Waals surface area contributed by atoms with Crippen molar-refractivity contribution in [2.45, 2.75) is 26.4 Å². The summed E-state index contributed by atoms with van der Waals surface area (Å²) in [7, 11) is 0. The molecular weight excluding hydrogens is 204 g/mol. The molecule has 0 aromatic carbocycles. The molecule has 2 aromatic rings. The van der Waals surface area contributed by atoms with Gasteiger partial charge < -0.3 is 5.32 Å². The number of nitrogens with one attached hydrogen (secondary N) is 2. The molecule has 0 atom stereocenters. The van der Waals surface area contributed by atoms with E-state index in [4.69, 9.17) is 0 Å². The van der Waals surface area contributed by atoms with Crippen LogP contribution in [0.15, 0.2) is 18.6 Å². The lowest BCUT2D eigenvalue weighted by molar-refractivity contribution is 0.530. The first-order chi connectivity index (χ1) is 7.86. The first-order valence-electron chi connectivity index (χ1n) is 5.40. The highest BCUT2D eigenvalue weighted by atomic mass is 15.4. The number of hydrogen-bond donors (Lipinski definition) is 2. The molecule has 86 valence electrons. The van der Waals surface area contributed by atoms with E-state index in [1.54, 1.807) is 6.20 Å². The molecule has 2 heterocycles. The van der Waals surface area contributed by atoms with E-state index in [1.165, 1.54) is 5.56 Å². The smallest absolute Gasteiger partial charge is 0.0692 e. The topological polar surface area (TPSA) is 71.4 Å². The Kier molecular flexibility index (Phi) is 3.66. The molecule has 6 nitrogen and oxygen atoms in total. The predicted molar refractivity (Wildman–Crippen MR) is 59.7 cm³/mol. The molecule has 0 amide bonds. The Bertz CT molecular complexity index is 405. The molecule has 0 aliphatic heterocycles. The van der Waals surface area contributed by atoms with E-state index >= 15 is 0 Å². The number of aromatic nitrogens is 5. The van der Waals surface area contributed by atoms with Crippen LogP contribution >= 0.6 is 0 Å². The molecule has 2 N–H and O–H groups in total. The van der Waals surface area contributed by atoms with Gasteiger partial charge in [0.05, 0.1) is 12.4 Å². The number of aryl methyl sites for hydroxylation is 2. The van der Waals surface area contributed by atoms with Crippen LogP contribution in [0.2, 0.25) is 0 Å². The van der Waals surface area contributed by atoms with Crippen LogP contribution in [0.25, 0.3) is 0 Å². The summed E-state index contributed by atoms with van der Waals surface area (Å²) in [6.07, 6.45) is 6.47. The molecule has 0 bridgehead atoms. The van der Waals surface area contributed by atoms with Gasteiger partial charge >= 0.3 is 0 Å². The lowest BCUT2D eigenvalue weighted by Gasteiger charge is -2.03. The second-order valence-electron chi connectivity index (χ2n) is 3.72. The van der Waals surface area contributed by atoms with Gasteiger partial charge in [0.25, 0.3) is 0 Å². The Morgan fingerprint density at radius 1 is 1.50 bits per heavy atom. The van der Waals surface area contributed by atoms with Gasteiger partial charge in [0.2, 0.25) is 0 Å². The molecule has 0 fully saturated rings. The highest BCUT2D eigenvalue weighted by Gasteiger charge is 1.98. The molecular formula is C10H16N6. The Hall–Kier alpha value is -1.69. The summed E-state index contributed by atoms with van der Waals surface area (Å²) in [5.74, 6) is 0. The quantitative estimate of drug-likeness (QED) is 0.695.